The van der Waals surface area contributed by atoms with Crippen molar-refractivity contribution in [3.8, 4) is 0 Å². The number of likely N-dealkylation sites (tertiary alicyclic amines) is 1. The molecule has 2 heterocycles. The molecule has 2 saturated carbocycles. The minimum Gasteiger partial charge on any atom is -0.378 e. The molecular formula is C17H28N2O2. The van der Waals surface area contributed by atoms with Crippen molar-refractivity contribution in [3.05, 3.63) is 0 Å². The van der Waals surface area contributed by atoms with Crippen LogP contribution in [-0.4, -0.2) is 42.3 Å². The Morgan fingerprint density at radius 2 is 1.86 bits per heavy atom. The molecule has 2 saturated heterocycles. The summed E-state index contributed by atoms with van der Waals surface area (Å²) >= 11 is 0. The van der Waals surface area contributed by atoms with E-state index in [0.29, 0.717) is 24.1 Å². The molecule has 4 rings (SSSR count). The van der Waals surface area contributed by atoms with Crippen LogP contribution in [-0.2, 0) is 4.74 Å². The summed E-state index contributed by atoms with van der Waals surface area (Å²) in [5, 5.41) is 3.37. The molecule has 0 spiro atoms. The highest BCUT2D eigenvalue weighted by molar-refractivity contribution is 5.75. The third kappa shape index (κ3) is 2.56. The monoisotopic (exact) mass is 292 g/mol. The minimum atomic E-state index is 0.210. The predicted molar refractivity (Wildman–Crippen MR) is 81.1 cm³/mol. The molecule has 0 aromatic heterocycles. The summed E-state index contributed by atoms with van der Waals surface area (Å²) in [7, 11) is 0. The standard InChI is InChI=1S/C17H28N2O2/c20-17(19-10-3-7-15(19)12-4-1-5-12)18-14-6-2-8-16-13(14)9-11-21-16/h12-16H,1-11H2,(H,18,20). The Balaban J connectivity index is 1.38. The van der Waals surface area contributed by atoms with Crippen molar-refractivity contribution < 1.29 is 9.53 Å². The molecule has 4 atom stereocenters. The van der Waals surface area contributed by atoms with Crippen LogP contribution < -0.4 is 5.32 Å². The largest absolute Gasteiger partial charge is 0.378 e. The summed E-state index contributed by atoms with van der Waals surface area (Å²) in [6.07, 6.45) is 11.5. The number of rotatable bonds is 2. The molecule has 4 heteroatoms. The lowest BCUT2D eigenvalue weighted by molar-refractivity contribution is 0.0528. The zero-order chi connectivity index (χ0) is 14.2. The summed E-state index contributed by atoms with van der Waals surface area (Å²) in [4.78, 5) is 14.9. The van der Waals surface area contributed by atoms with Gasteiger partial charge in [-0.2, -0.15) is 0 Å². The lowest BCUT2D eigenvalue weighted by Crippen LogP contribution is -2.53. The van der Waals surface area contributed by atoms with E-state index in [2.05, 4.69) is 10.2 Å². The highest BCUT2D eigenvalue weighted by Crippen LogP contribution is 2.38. The summed E-state index contributed by atoms with van der Waals surface area (Å²) < 4.78 is 5.82. The topological polar surface area (TPSA) is 41.6 Å². The van der Waals surface area contributed by atoms with Gasteiger partial charge in [0.05, 0.1) is 6.10 Å². The van der Waals surface area contributed by atoms with Crippen LogP contribution >= 0.6 is 0 Å². The highest BCUT2D eigenvalue weighted by Gasteiger charge is 2.41. The minimum absolute atomic E-state index is 0.210. The number of carbonyl (C=O) groups excluding carboxylic acids is 1. The van der Waals surface area contributed by atoms with Gasteiger partial charge in [0.15, 0.2) is 0 Å². The van der Waals surface area contributed by atoms with Crippen molar-refractivity contribution in [2.45, 2.75) is 76.0 Å². The van der Waals surface area contributed by atoms with E-state index in [1.807, 2.05) is 0 Å². The van der Waals surface area contributed by atoms with Crippen molar-refractivity contribution >= 4 is 6.03 Å². The fraction of sp³-hybridized carbons (Fsp3) is 0.941. The third-order valence-electron chi connectivity index (χ3n) is 6.34. The lowest BCUT2D eigenvalue weighted by Gasteiger charge is -2.39. The molecule has 2 amide bonds. The van der Waals surface area contributed by atoms with Crippen LogP contribution in [0.25, 0.3) is 0 Å². The third-order valence-corrected chi connectivity index (χ3v) is 6.34. The Hall–Kier alpha value is -0.770. The van der Waals surface area contributed by atoms with E-state index >= 15 is 0 Å². The molecule has 4 nitrogen and oxygen atoms in total. The van der Waals surface area contributed by atoms with Crippen molar-refractivity contribution in [2.24, 2.45) is 11.8 Å². The highest BCUT2D eigenvalue weighted by atomic mass is 16.5. The fourth-order valence-corrected chi connectivity index (χ4v) is 4.96. The Labute approximate surface area is 127 Å². The number of amides is 2. The average Bonchev–Trinajstić information content (AvgIpc) is 3.05. The van der Waals surface area contributed by atoms with E-state index in [9.17, 15) is 4.79 Å². The van der Waals surface area contributed by atoms with Gasteiger partial charge in [-0.05, 0) is 57.3 Å². The maximum atomic E-state index is 12.7. The smallest absolute Gasteiger partial charge is 0.317 e. The van der Waals surface area contributed by atoms with Crippen LogP contribution in [0.3, 0.4) is 0 Å². The van der Waals surface area contributed by atoms with E-state index < -0.39 is 0 Å². The van der Waals surface area contributed by atoms with Gasteiger partial charge in [0.2, 0.25) is 0 Å². The summed E-state index contributed by atoms with van der Waals surface area (Å²) in [6.45, 7) is 1.85. The second-order valence-corrected chi connectivity index (χ2v) is 7.44. The van der Waals surface area contributed by atoms with Gasteiger partial charge in [-0.15, -0.1) is 0 Å². The van der Waals surface area contributed by atoms with Crippen LogP contribution in [0, 0.1) is 11.8 Å². The molecule has 4 unspecified atom stereocenters. The molecule has 0 aromatic rings. The first kappa shape index (κ1) is 13.9. The lowest BCUT2D eigenvalue weighted by atomic mass is 9.79. The van der Waals surface area contributed by atoms with E-state index in [4.69, 9.17) is 4.74 Å². The molecule has 0 radical (unpaired) electrons. The van der Waals surface area contributed by atoms with Crippen LogP contribution in [0.5, 0.6) is 0 Å². The molecule has 0 aromatic carbocycles. The Morgan fingerprint density at radius 1 is 1.00 bits per heavy atom. The molecule has 2 aliphatic carbocycles. The molecule has 1 N–H and O–H groups in total. The SMILES string of the molecule is O=C(NC1CCCC2OCCC12)N1CCCC1C1CCC1. The Morgan fingerprint density at radius 3 is 2.67 bits per heavy atom. The van der Waals surface area contributed by atoms with Gasteiger partial charge in [-0.1, -0.05) is 6.42 Å². The molecular weight excluding hydrogens is 264 g/mol. The van der Waals surface area contributed by atoms with Crippen molar-refractivity contribution in [1.29, 1.82) is 0 Å². The van der Waals surface area contributed by atoms with Gasteiger partial charge in [-0.25, -0.2) is 4.79 Å². The number of hydrogen-bond donors (Lipinski definition) is 1. The molecule has 4 aliphatic rings. The van der Waals surface area contributed by atoms with E-state index in [-0.39, 0.29) is 6.03 Å². The zero-order valence-corrected chi connectivity index (χ0v) is 12.9. The fourth-order valence-electron chi connectivity index (χ4n) is 4.96. The van der Waals surface area contributed by atoms with E-state index in [1.165, 1.54) is 44.9 Å². The van der Waals surface area contributed by atoms with Crippen LogP contribution in [0.15, 0.2) is 0 Å². The van der Waals surface area contributed by atoms with Gasteiger partial charge in [0, 0.05) is 31.2 Å². The van der Waals surface area contributed by atoms with Crippen molar-refractivity contribution in [1.82, 2.24) is 10.2 Å². The summed E-state index contributed by atoms with van der Waals surface area (Å²) in [5.74, 6) is 1.35. The maximum absolute atomic E-state index is 12.7. The number of carbonyl (C=O) groups is 1. The van der Waals surface area contributed by atoms with Crippen molar-refractivity contribution in [3.63, 3.8) is 0 Å². The van der Waals surface area contributed by atoms with Crippen molar-refractivity contribution in [2.75, 3.05) is 13.2 Å². The van der Waals surface area contributed by atoms with Crippen LogP contribution in [0.1, 0.15) is 57.8 Å². The number of fused-ring (bicyclic) bond motifs is 1. The van der Waals surface area contributed by atoms with E-state index in [1.54, 1.807) is 0 Å². The predicted octanol–water partition coefficient (Wildman–Crippen LogP) is 2.92. The number of urea groups is 1. The first-order valence-corrected chi connectivity index (χ1v) is 9.01. The maximum Gasteiger partial charge on any atom is 0.317 e. The first-order chi connectivity index (χ1) is 10.3. The Bertz CT molecular complexity index is 396. The average molecular weight is 292 g/mol. The van der Waals surface area contributed by atoms with Gasteiger partial charge >= 0.3 is 6.03 Å². The second kappa shape index (κ2) is 5.79. The van der Waals surface area contributed by atoms with Gasteiger partial charge in [-0.3, -0.25) is 0 Å². The summed E-state index contributed by atoms with van der Waals surface area (Å²) in [6, 6.07) is 1.08. The van der Waals surface area contributed by atoms with Crippen LogP contribution in [0.4, 0.5) is 4.79 Å². The number of hydrogen-bond acceptors (Lipinski definition) is 2. The quantitative estimate of drug-likeness (QED) is 0.850. The molecule has 21 heavy (non-hydrogen) atoms. The zero-order valence-electron chi connectivity index (χ0n) is 12.9. The molecule has 118 valence electrons. The molecule has 4 fully saturated rings. The first-order valence-electron chi connectivity index (χ1n) is 9.01. The van der Waals surface area contributed by atoms with Gasteiger partial charge in [0.1, 0.15) is 0 Å². The molecule has 2 aliphatic heterocycles. The number of nitrogens with one attached hydrogen (secondary N) is 1. The van der Waals surface area contributed by atoms with E-state index in [0.717, 1.165) is 31.9 Å². The van der Waals surface area contributed by atoms with Gasteiger partial charge in [0.25, 0.3) is 0 Å². The van der Waals surface area contributed by atoms with Crippen LogP contribution in [0.2, 0.25) is 0 Å². The Kier molecular flexibility index (Phi) is 3.82. The molecule has 0 bridgehead atoms. The van der Waals surface area contributed by atoms with Gasteiger partial charge < -0.3 is 15.0 Å². The normalized spacial score (nSPS) is 39.9. The summed E-state index contributed by atoms with van der Waals surface area (Å²) in [5.41, 5.74) is 0. The number of ether oxygens (including phenoxy) is 1. The second-order valence-electron chi connectivity index (χ2n) is 7.44. The number of nitrogens with zero attached hydrogens (tertiary/aromatic N) is 1.